The topological polar surface area (TPSA) is 132 Å². The van der Waals surface area contributed by atoms with Crippen LogP contribution in [0, 0.1) is 0 Å². The molecule has 1 unspecified atom stereocenters. The van der Waals surface area contributed by atoms with Crippen molar-refractivity contribution in [2.45, 2.75) is 12.5 Å². The molecule has 5 heterocycles. The number of carbonyl (C=O) groups excluding carboxylic acids is 2. The van der Waals surface area contributed by atoms with Crippen molar-refractivity contribution in [1.29, 1.82) is 0 Å². The smallest absolute Gasteiger partial charge is 0.272 e. The van der Waals surface area contributed by atoms with Crippen LogP contribution in [-0.4, -0.2) is 60.6 Å². The number of hydrogen-bond donors (Lipinski definition) is 2. The number of likely N-dealkylation sites (tertiary alicyclic amines) is 1. The van der Waals surface area contributed by atoms with Crippen LogP contribution in [0.15, 0.2) is 55.2 Å². The van der Waals surface area contributed by atoms with Crippen LogP contribution in [0.3, 0.4) is 0 Å². The standard InChI is InChI=1S/C23H22N8O2/c1-30-12-16(11-27-30)15-8-18(21(24)26-10-15)22(32)28-17-5-7-31(13-17)23(33)20-3-2-14-9-25-6-4-19(14)29-20/h2-4,6,8-12,17H,5,7,13H2,1H3,(H2,24,26)(H,28,32). The second-order valence-electron chi connectivity index (χ2n) is 8.03. The fourth-order valence-electron chi connectivity index (χ4n) is 3.96. The van der Waals surface area contributed by atoms with Gasteiger partial charge in [0, 0.05) is 67.5 Å². The maximum Gasteiger partial charge on any atom is 0.272 e. The lowest BCUT2D eigenvalue weighted by atomic mass is 10.1. The Hall–Kier alpha value is -4.34. The Balaban J connectivity index is 1.27. The molecule has 1 aliphatic heterocycles. The van der Waals surface area contributed by atoms with E-state index in [1.54, 1.807) is 52.6 Å². The second kappa shape index (κ2) is 8.30. The van der Waals surface area contributed by atoms with E-state index in [-0.39, 0.29) is 23.7 Å². The quantitative estimate of drug-likeness (QED) is 0.491. The minimum Gasteiger partial charge on any atom is -0.383 e. The molecule has 1 saturated heterocycles. The predicted molar refractivity (Wildman–Crippen MR) is 122 cm³/mol. The number of pyridine rings is 3. The van der Waals surface area contributed by atoms with Gasteiger partial charge in [0.15, 0.2) is 0 Å². The first-order chi connectivity index (χ1) is 16.0. The summed E-state index contributed by atoms with van der Waals surface area (Å²) in [6.07, 6.45) is 9.16. The van der Waals surface area contributed by atoms with Gasteiger partial charge in [-0.15, -0.1) is 0 Å². The number of amides is 2. The van der Waals surface area contributed by atoms with Crippen LogP contribution < -0.4 is 11.1 Å². The van der Waals surface area contributed by atoms with Crippen LogP contribution in [0.1, 0.15) is 27.3 Å². The Morgan fingerprint density at radius 1 is 1.15 bits per heavy atom. The highest BCUT2D eigenvalue weighted by atomic mass is 16.2. The summed E-state index contributed by atoms with van der Waals surface area (Å²) in [6, 6.07) is 6.84. The van der Waals surface area contributed by atoms with E-state index < -0.39 is 0 Å². The summed E-state index contributed by atoms with van der Waals surface area (Å²) in [4.78, 5) is 40.3. The molecule has 0 radical (unpaired) electrons. The van der Waals surface area contributed by atoms with Crippen molar-refractivity contribution in [2.75, 3.05) is 18.8 Å². The van der Waals surface area contributed by atoms with Gasteiger partial charge < -0.3 is 16.0 Å². The fourth-order valence-corrected chi connectivity index (χ4v) is 3.96. The summed E-state index contributed by atoms with van der Waals surface area (Å²) in [7, 11) is 1.82. The van der Waals surface area contributed by atoms with Gasteiger partial charge in [-0.3, -0.25) is 19.3 Å². The number of nitrogen functional groups attached to an aromatic ring is 1. The van der Waals surface area contributed by atoms with E-state index in [1.807, 2.05) is 19.3 Å². The molecule has 0 bridgehead atoms. The third kappa shape index (κ3) is 4.10. The average Bonchev–Trinajstić information content (AvgIpc) is 3.47. The number of rotatable bonds is 4. The zero-order valence-corrected chi connectivity index (χ0v) is 18.0. The Morgan fingerprint density at radius 3 is 2.85 bits per heavy atom. The fraction of sp³-hybridized carbons (Fsp3) is 0.217. The number of carbonyl (C=O) groups is 2. The van der Waals surface area contributed by atoms with E-state index in [2.05, 4.69) is 25.4 Å². The van der Waals surface area contributed by atoms with Crippen molar-refractivity contribution in [3.05, 3.63) is 66.5 Å². The maximum absolute atomic E-state index is 12.9. The third-order valence-corrected chi connectivity index (χ3v) is 5.72. The molecule has 1 atom stereocenters. The van der Waals surface area contributed by atoms with Crippen LogP contribution in [0.2, 0.25) is 0 Å². The number of nitrogens with two attached hydrogens (primary N) is 1. The van der Waals surface area contributed by atoms with Gasteiger partial charge in [-0.05, 0) is 30.7 Å². The van der Waals surface area contributed by atoms with Gasteiger partial charge in [0.2, 0.25) is 0 Å². The Labute approximate surface area is 189 Å². The average molecular weight is 442 g/mol. The minimum absolute atomic E-state index is 0.154. The lowest BCUT2D eigenvalue weighted by Crippen LogP contribution is -2.39. The highest BCUT2D eigenvalue weighted by molar-refractivity contribution is 6.00. The molecule has 0 saturated carbocycles. The number of fused-ring (bicyclic) bond motifs is 1. The lowest BCUT2D eigenvalue weighted by molar-refractivity contribution is 0.0778. The molecule has 1 fully saturated rings. The number of aromatic nitrogens is 5. The molecule has 0 spiro atoms. The van der Waals surface area contributed by atoms with Crippen LogP contribution in [-0.2, 0) is 7.05 Å². The van der Waals surface area contributed by atoms with Gasteiger partial charge in [-0.25, -0.2) is 9.97 Å². The van der Waals surface area contributed by atoms with E-state index in [1.165, 1.54) is 0 Å². The molecule has 166 valence electrons. The first kappa shape index (κ1) is 20.6. The molecule has 10 heteroatoms. The van der Waals surface area contributed by atoms with Crippen LogP contribution >= 0.6 is 0 Å². The van der Waals surface area contributed by atoms with Gasteiger partial charge in [-0.1, -0.05) is 0 Å². The molecule has 3 N–H and O–H groups in total. The highest BCUT2D eigenvalue weighted by Crippen LogP contribution is 2.22. The molecule has 4 aromatic rings. The predicted octanol–water partition coefficient (Wildman–Crippen LogP) is 1.65. The van der Waals surface area contributed by atoms with Crippen molar-refractivity contribution in [3.8, 4) is 11.1 Å². The zero-order valence-electron chi connectivity index (χ0n) is 18.0. The molecular formula is C23H22N8O2. The van der Waals surface area contributed by atoms with Crippen molar-refractivity contribution in [3.63, 3.8) is 0 Å². The lowest BCUT2D eigenvalue weighted by Gasteiger charge is -2.17. The van der Waals surface area contributed by atoms with Gasteiger partial charge in [-0.2, -0.15) is 5.10 Å². The number of aryl methyl sites for hydroxylation is 1. The van der Waals surface area contributed by atoms with E-state index in [4.69, 9.17) is 5.73 Å². The summed E-state index contributed by atoms with van der Waals surface area (Å²) in [5.74, 6) is -0.326. The third-order valence-electron chi connectivity index (χ3n) is 5.72. The Morgan fingerprint density at radius 2 is 2.03 bits per heavy atom. The molecule has 0 aromatic carbocycles. The molecular weight excluding hydrogens is 420 g/mol. The molecule has 2 amide bonds. The number of anilines is 1. The number of nitrogens with zero attached hydrogens (tertiary/aromatic N) is 6. The molecule has 4 aromatic heterocycles. The number of nitrogens with one attached hydrogen (secondary N) is 1. The molecule has 10 nitrogen and oxygen atoms in total. The maximum atomic E-state index is 12.9. The van der Waals surface area contributed by atoms with Crippen LogP contribution in [0.5, 0.6) is 0 Å². The zero-order chi connectivity index (χ0) is 22.9. The Bertz CT molecular complexity index is 1370. The Kier molecular flexibility index (Phi) is 5.17. The van der Waals surface area contributed by atoms with E-state index in [0.29, 0.717) is 30.8 Å². The van der Waals surface area contributed by atoms with E-state index >= 15 is 0 Å². The second-order valence-corrected chi connectivity index (χ2v) is 8.03. The van der Waals surface area contributed by atoms with Gasteiger partial charge >= 0.3 is 0 Å². The summed E-state index contributed by atoms with van der Waals surface area (Å²) in [5.41, 5.74) is 8.96. The van der Waals surface area contributed by atoms with Crippen molar-refractivity contribution in [1.82, 2.24) is 34.9 Å². The first-order valence-corrected chi connectivity index (χ1v) is 10.5. The summed E-state index contributed by atoms with van der Waals surface area (Å²) >= 11 is 0. The van der Waals surface area contributed by atoms with Gasteiger partial charge in [0.1, 0.15) is 11.5 Å². The summed E-state index contributed by atoms with van der Waals surface area (Å²) < 4.78 is 1.68. The normalized spacial score (nSPS) is 15.7. The molecule has 5 rings (SSSR count). The SMILES string of the molecule is Cn1cc(-c2cnc(N)c(C(=O)NC3CCN(C(=O)c4ccc5cnccc5n4)C3)c2)cn1. The minimum atomic E-state index is -0.318. The van der Waals surface area contributed by atoms with Gasteiger partial charge in [0.05, 0.1) is 17.3 Å². The molecule has 1 aliphatic rings. The van der Waals surface area contributed by atoms with Crippen molar-refractivity contribution >= 4 is 28.5 Å². The van der Waals surface area contributed by atoms with Gasteiger partial charge in [0.25, 0.3) is 11.8 Å². The highest BCUT2D eigenvalue weighted by Gasteiger charge is 2.29. The van der Waals surface area contributed by atoms with Crippen molar-refractivity contribution < 1.29 is 9.59 Å². The monoisotopic (exact) mass is 442 g/mol. The van der Waals surface area contributed by atoms with Crippen molar-refractivity contribution in [2.24, 2.45) is 7.05 Å². The number of hydrogen-bond acceptors (Lipinski definition) is 7. The van der Waals surface area contributed by atoms with Crippen LogP contribution in [0.25, 0.3) is 22.0 Å². The first-order valence-electron chi connectivity index (χ1n) is 10.5. The van der Waals surface area contributed by atoms with Crippen LogP contribution in [0.4, 0.5) is 5.82 Å². The molecule has 0 aliphatic carbocycles. The summed E-state index contributed by atoms with van der Waals surface area (Å²) in [5, 5.41) is 8.01. The largest absolute Gasteiger partial charge is 0.383 e. The summed E-state index contributed by atoms with van der Waals surface area (Å²) in [6.45, 7) is 0.930. The molecule has 33 heavy (non-hydrogen) atoms. The van der Waals surface area contributed by atoms with E-state index in [0.717, 1.165) is 22.0 Å². The van der Waals surface area contributed by atoms with E-state index in [9.17, 15) is 9.59 Å².